The molecule has 0 saturated heterocycles. The van der Waals surface area contributed by atoms with Crippen LogP contribution in [0.2, 0.25) is 0 Å². The lowest BCUT2D eigenvalue weighted by molar-refractivity contribution is -0.00000623. The van der Waals surface area contributed by atoms with Gasteiger partial charge in [-0.3, -0.25) is 0 Å². The highest BCUT2D eigenvalue weighted by Gasteiger charge is 2.11. The minimum absolute atomic E-state index is 0. The molecule has 0 unspecified atom stereocenters. The Labute approximate surface area is 148 Å². The molecule has 0 amide bonds. The van der Waals surface area contributed by atoms with Crippen molar-refractivity contribution in [1.29, 1.82) is 0 Å². The molecule has 1 N–H and O–H groups in total. The smallest absolute Gasteiger partial charge is 0.166 e. The molecule has 0 spiro atoms. The van der Waals surface area contributed by atoms with Gasteiger partial charge >= 0.3 is 0 Å². The van der Waals surface area contributed by atoms with Crippen molar-refractivity contribution < 1.29 is 31.0 Å². The van der Waals surface area contributed by atoms with Crippen molar-refractivity contribution in [1.82, 2.24) is 5.32 Å². The molecule has 24 heavy (non-hydrogen) atoms. The third-order valence-electron chi connectivity index (χ3n) is 3.41. The van der Waals surface area contributed by atoms with E-state index in [0.29, 0.717) is 30.2 Å². The Hall–Kier alpha value is -1.82. The summed E-state index contributed by atoms with van der Waals surface area (Å²) < 4.78 is 29.9. The summed E-state index contributed by atoms with van der Waals surface area (Å²) in [6.45, 7) is 2.14. The molecule has 0 aliphatic rings. The van der Waals surface area contributed by atoms with E-state index in [1.807, 2.05) is 18.2 Å². The number of benzene rings is 2. The summed E-state index contributed by atoms with van der Waals surface area (Å²) in [4.78, 5) is 0. The Bertz CT molecular complexity index is 625. The van der Waals surface area contributed by atoms with Crippen LogP contribution in [0.1, 0.15) is 11.1 Å². The van der Waals surface area contributed by atoms with Crippen molar-refractivity contribution in [3.05, 3.63) is 59.4 Å². The van der Waals surface area contributed by atoms with Crippen LogP contribution in [0.3, 0.4) is 0 Å². The molecular formula is C18H22ClFNO3-. The number of methoxy groups -OCH3 is 2. The molecule has 0 aromatic heterocycles. The third-order valence-corrected chi connectivity index (χ3v) is 3.41. The van der Waals surface area contributed by atoms with Crippen molar-refractivity contribution in [2.75, 3.05) is 27.4 Å². The first-order valence-electron chi connectivity index (χ1n) is 7.48. The predicted octanol–water partition coefficient (Wildman–Crippen LogP) is 0.153. The van der Waals surface area contributed by atoms with Gasteiger partial charge in [-0.05, 0) is 12.1 Å². The van der Waals surface area contributed by atoms with Gasteiger partial charge in [-0.25, -0.2) is 4.39 Å². The number of para-hydroxylation sites is 1. The zero-order valence-corrected chi connectivity index (χ0v) is 14.6. The molecule has 132 valence electrons. The Morgan fingerprint density at radius 2 is 1.75 bits per heavy atom. The first kappa shape index (κ1) is 20.2. The first-order valence-corrected chi connectivity index (χ1v) is 7.48. The number of hydrogen-bond donors (Lipinski definition) is 1. The third kappa shape index (κ3) is 5.67. The van der Waals surface area contributed by atoms with E-state index in [-0.39, 0.29) is 24.8 Å². The van der Waals surface area contributed by atoms with Crippen molar-refractivity contribution >= 4 is 0 Å². The Morgan fingerprint density at radius 1 is 1.00 bits per heavy atom. The van der Waals surface area contributed by atoms with E-state index < -0.39 is 0 Å². The molecule has 0 atom stereocenters. The second-order valence-electron chi connectivity index (χ2n) is 5.00. The molecule has 0 aliphatic heterocycles. The largest absolute Gasteiger partial charge is 1.00 e. The fourth-order valence-electron chi connectivity index (χ4n) is 2.19. The van der Waals surface area contributed by atoms with Gasteiger partial charge in [0.1, 0.15) is 12.4 Å². The molecule has 0 fully saturated rings. The summed E-state index contributed by atoms with van der Waals surface area (Å²) >= 11 is 0. The van der Waals surface area contributed by atoms with Crippen LogP contribution in [0, 0.1) is 5.82 Å². The standard InChI is InChI=1S/C18H22FNO3.ClH/c1-21-11-10-20-12-14-7-5-9-17(22-2)18(14)23-13-15-6-3-4-8-16(15)19;/h3-9,20H,10-13H2,1-2H3;1H/p-1. The van der Waals surface area contributed by atoms with E-state index in [9.17, 15) is 4.39 Å². The van der Waals surface area contributed by atoms with Crippen LogP contribution in [0.5, 0.6) is 11.5 Å². The Kier molecular flexibility index (Phi) is 9.15. The molecule has 2 rings (SSSR count). The minimum Gasteiger partial charge on any atom is -1.00 e. The van der Waals surface area contributed by atoms with Gasteiger partial charge in [0, 0.05) is 31.3 Å². The van der Waals surface area contributed by atoms with Crippen LogP contribution in [-0.2, 0) is 17.9 Å². The Balaban J connectivity index is 0.00000288. The summed E-state index contributed by atoms with van der Waals surface area (Å²) in [5, 5.41) is 3.27. The van der Waals surface area contributed by atoms with Crippen LogP contribution in [0.15, 0.2) is 42.5 Å². The quantitative estimate of drug-likeness (QED) is 0.651. The first-order chi connectivity index (χ1) is 11.3. The molecule has 4 nitrogen and oxygen atoms in total. The van der Waals surface area contributed by atoms with Crippen molar-refractivity contribution in [3.8, 4) is 11.5 Å². The van der Waals surface area contributed by atoms with Gasteiger partial charge in [0.2, 0.25) is 0 Å². The van der Waals surface area contributed by atoms with Crippen LogP contribution in [0.25, 0.3) is 0 Å². The van der Waals surface area contributed by atoms with E-state index in [2.05, 4.69) is 5.32 Å². The number of rotatable bonds is 9. The molecule has 0 heterocycles. The minimum atomic E-state index is -0.276. The molecule has 0 aliphatic carbocycles. The average Bonchev–Trinajstić information content (AvgIpc) is 2.58. The molecule has 0 bridgehead atoms. The SMILES string of the molecule is COCCNCc1cccc(OC)c1OCc1ccccc1F.[Cl-]. The van der Waals surface area contributed by atoms with Crippen LogP contribution >= 0.6 is 0 Å². The van der Waals surface area contributed by atoms with Gasteiger partial charge in [0.25, 0.3) is 0 Å². The molecule has 6 heteroatoms. The highest BCUT2D eigenvalue weighted by Crippen LogP contribution is 2.32. The number of nitrogens with one attached hydrogen (secondary N) is 1. The molecule has 0 saturated carbocycles. The van der Waals surface area contributed by atoms with E-state index >= 15 is 0 Å². The van der Waals surface area contributed by atoms with E-state index in [1.165, 1.54) is 6.07 Å². The highest BCUT2D eigenvalue weighted by molar-refractivity contribution is 5.46. The summed E-state index contributed by atoms with van der Waals surface area (Å²) in [7, 11) is 3.25. The lowest BCUT2D eigenvalue weighted by Gasteiger charge is -2.16. The average molecular weight is 355 g/mol. The summed E-state index contributed by atoms with van der Waals surface area (Å²) in [5.74, 6) is 0.984. The highest BCUT2D eigenvalue weighted by atomic mass is 35.5. The monoisotopic (exact) mass is 354 g/mol. The molecular weight excluding hydrogens is 333 g/mol. The van der Waals surface area contributed by atoms with Crippen LogP contribution < -0.4 is 27.2 Å². The lowest BCUT2D eigenvalue weighted by atomic mass is 10.1. The number of hydrogen-bond acceptors (Lipinski definition) is 4. The maximum atomic E-state index is 13.7. The van der Waals surface area contributed by atoms with Gasteiger partial charge in [0.15, 0.2) is 11.5 Å². The van der Waals surface area contributed by atoms with Crippen molar-refractivity contribution in [2.24, 2.45) is 0 Å². The fourth-order valence-corrected chi connectivity index (χ4v) is 2.19. The van der Waals surface area contributed by atoms with E-state index in [4.69, 9.17) is 14.2 Å². The molecule has 0 radical (unpaired) electrons. The van der Waals surface area contributed by atoms with Gasteiger partial charge in [-0.15, -0.1) is 0 Å². The van der Waals surface area contributed by atoms with Gasteiger partial charge in [-0.2, -0.15) is 0 Å². The van der Waals surface area contributed by atoms with Gasteiger partial charge < -0.3 is 31.9 Å². The van der Waals surface area contributed by atoms with Crippen molar-refractivity contribution in [2.45, 2.75) is 13.2 Å². The van der Waals surface area contributed by atoms with E-state index in [0.717, 1.165) is 12.1 Å². The summed E-state index contributed by atoms with van der Waals surface area (Å²) in [6, 6.07) is 12.3. The van der Waals surface area contributed by atoms with Crippen molar-refractivity contribution in [3.63, 3.8) is 0 Å². The maximum absolute atomic E-state index is 13.7. The number of halogens is 2. The van der Waals surface area contributed by atoms with Crippen LogP contribution in [0.4, 0.5) is 4.39 Å². The van der Waals surface area contributed by atoms with Gasteiger partial charge in [-0.1, -0.05) is 30.3 Å². The van der Waals surface area contributed by atoms with E-state index in [1.54, 1.807) is 32.4 Å². The zero-order chi connectivity index (χ0) is 16.5. The molecule has 2 aromatic carbocycles. The normalized spacial score (nSPS) is 10.1. The second-order valence-corrected chi connectivity index (χ2v) is 5.00. The number of ether oxygens (including phenoxy) is 3. The topological polar surface area (TPSA) is 39.7 Å². The lowest BCUT2D eigenvalue weighted by Crippen LogP contribution is -3.00. The summed E-state index contributed by atoms with van der Waals surface area (Å²) in [6.07, 6.45) is 0. The van der Waals surface area contributed by atoms with Crippen LogP contribution in [-0.4, -0.2) is 27.4 Å². The molecule has 2 aromatic rings. The van der Waals surface area contributed by atoms with Gasteiger partial charge in [0.05, 0.1) is 13.7 Å². The predicted molar refractivity (Wildman–Crippen MR) is 87.3 cm³/mol. The maximum Gasteiger partial charge on any atom is 0.166 e. The zero-order valence-electron chi connectivity index (χ0n) is 13.9. The summed E-state index contributed by atoms with van der Waals surface area (Å²) in [5.41, 5.74) is 1.47. The second kappa shape index (κ2) is 10.9. The Morgan fingerprint density at radius 3 is 2.46 bits per heavy atom. The fraction of sp³-hybridized carbons (Fsp3) is 0.333.